The van der Waals surface area contributed by atoms with Crippen molar-refractivity contribution in [1.82, 2.24) is 4.90 Å². The molecule has 3 rings (SSSR count). The summed E-state index contributed by atoms with van der Waals surface area (Å²) in [6.45, 7) is 6.49. The second kappa shape index (κ2) is 7.59. The van der Waals surface area contributed by atoms with Crippen molar-refractivity contribution < 1.29 is 4.79 Å². The van der Waals surface area contributed by atoms with Crippen LogP contribution < -0.4 is 0 Å². The molecule has 0 aliphatic carbocycles. The quantitative estimate of drug-likeness (QED) is 0.577. The zero-order chi connectivity index (χ0) is 17.9. The number of ketones is 1. The SMILES string of the molecule is CSc1ccc(/C=C2\CN(Cc3ccccc3)CC(C)(C)C2=O)cc1. The highest BCUT2D eigenvalue weighted by Crippen LogP contribution is 2.30. The summed E-state index contributed by atoms with van der Waals surface area (Å²) in [4.78, 5) is 16.5. The first-order valence-corrected chi connectivity index (χ1v) is 9.86. The van der Waals surface area contributed by atoms with Crippen molar-refractivity contribution in [2.45, 2.75) is 25.3 Å². The van der Waals surface area contributed by atoms with Crippen LogP contribution in [0.25, 0.3) is 6.08 Å². The number of benzene rings is 2. The second-order valence-electron chi connectivity index (χ2n) is 7.29. The Kier molecular flexibility index (Phi) is 5.45. The van der Waals surface area contributed by atoms with Gasteiger partial charge in [-0.2, -0.15) is 0 Å². The lowest BCUT2D eigenvalue weighted by molar-refractivity contribution is -0.126. The Morgan fingerprint density at radius 1 is 1.08 bits per heavy atom. The minimum Gasteiger partial charge on any atom is -0.294 e. The van der Waals surface area contributed by atoms with Gasteiger partial charge in [0.25, 0.3) is 0 Å². The number of carbonyl (C=O) groups is 1. The van der Waals surface area contributed by atoms with E-state index in [0.29, 0.717) is 6.54 Å². The number of rotatable bonds is 4. The van der Waals surface area contributed by atoms with Crippen LogP contribution >= 0.6 is 11.8 Å². The molecule has 1 aliphatic rings. The van der Waals surface area contributed by atoms with Crippen LogP contribution in [0.1, 0.15) is 25.0 Å². The Labute approximate surface area is 154 Å². The van der Waals surface area contributed by atoms with Crippen LogP contribution in [0.4, 0.5) is 0 Å². The van der Waals surface area contributed by atoms with Crippen molar-refractivity contribution in [3.63, 3.8) is 0 Å². The highest BCUT2D eigenvalue weighted by molar-refractivity contribution is 7.98. The molecule has 2 nitrogen and oxygen atoms in total. The molecular formula is C22H25NOS. The summed E-state index contributed by atoms with van der Waals surface area (Å²) in [5.74, 6) is 0.269. The van der Waals surface area contributed by atoms with Crippen molar-refractivity contribution >= 4 is 23.6 Å². The molecule has 0 unspecified atom stereocenters. The maximum Gasteiger partial charge on any atom is 0.167 e. The van der Waals surface area contributed by atoms with E-state index >= 15 is 0 Å². The van der Waals surface area contributed by atoms with Gasteiger partial charge in [-0.3, -0.25) is 9.69 Å². The Morgan fingerprint density at radius 3 is 2.40 bits per heavy atom. The fourth-order valence-corrected chi connectivity index (χ4v) is 3.81. The fraction of sp³-hybridized carbons (Fsp3) is 0.318. The van der Waals surface area contributed by atoms with E-state index in [1.165, 1.54) is 10.5 Å². The van der Waals surface area contributed by atoms with Gasteiger partial charge in [0.15, 0.2) is 5.78 Å². The molecule has 0 bridgehead atoms. The first-order chi connectivity index (χ1) is 12.0. The molecule has 0 radical (unpaired) electrons. The van der Waals surface area contributed by atoms with E-state index < -0.39 is 0 Å². The van der Waals surface area contributed by atoms with E-state index in [2.05, 4.69) is 79.6 Å². The summed E-state index contributed by atoms with van der Waals surface area (Å²) in [5, 5.41) is 0. The number of carbonyl (C=O) groups excluding carboxylic acids is 1. The average Bonchev–Trinajstić information content (AvgIpc) is 2.60. The lowest BCUT2D eigenvalue weighted by atomic mass is 9.79. The van der Waals surface area contributed by atoms with E-state index in [-0.39, 0.29) is 11.2 Å². The molecule has 25 heavy (non-hydrogen) atoms. The van der Waals surface area contributed by atoms with Crippen LogP contribution in [0, 0.1) is 5.41 Å². The molecule has 2 aromatic rings. The molecule has 1 heterocycles. The first kappa shape index (κ1) is 18.0. The van der Waals surface area contributed by atoms with Gasteiger partial charge in [-0.05, 0) is 35.6 Å². The van der Waals surface area contributed by atoms with Crippen LogP contribution in [0.15, 0.2) is 65.1 Å². The number of nitrogens with zero attached hydrogens (tertiary/aromatic N) is 1. The number of thioether (sulfide) groups is 1. The van der Waals surface area contributed by atoms with Crippen molar-refractivity contribution in [1.29, 1.82) is 0 Å². The van der Waals surface area contributed by atoms with Crippen LogP contribution in [-0.2, 0) is 11.3 Å². The predicted molar refractivity (Wildman–Crippen MR) is 107 cm³/mol. The third kappa shape index (κ3) is 4.42. The van der Waals surface area contributed by atoms with E-state index in [1.807, 2.05) is 6.07 Å². The van der Waals surface area contributed by atoms with E-state index in [4.69, 9.17) is 0 Å². The molecule has 0 spiro atoms. The van der Waals surface area contributed by atoms with Gasteiger partial charge in [-0.25, -0.2) is 0 Å². The maximum atomic E-state index is 12.9. The van der Waals surface area contributed by atoms with Gasteiger partial charge in [0.05, 0.1) is 0 Å². The van der Waals surface area contributed by atoms with E-state index in [0.717, 1.165) is 24.2 Å². The van der Waals surface area contributed by atoms with Crippen molar-refractivity contribution in [2.75, 3.05) is 19.3 Å². The van der Waals surface area contributed by atoms with E-state index in [1.54, 1.807) is 11.8 Å². The zero-order valence-electron chi connectivity index (χ0n) is 15.2. The van der Waals surface area contributed by atoms with Gasteiger partial charge in [0.2, 0.25) is 0 Å². The van der Waals surface area contributed by atoms with Crippen LogP contribution in [0.5, 0.6) is 0 Å². The smallest absolute Gasteiger partial charge is 0.167 e. The first-order valence-electron chi connectivity index (χ1n) is 8.64. The molecule has 0 saturated carbocycles. The van der Waals surface area contributed by atoms with Gasteiger partial charge < -0.3 is 0 Å². The Hall–Kier alpha value is -1.84. The molecule has 1 saturated heterocycles. The number of hydrogen-bond donors (Lipinski definition) is 0. The summed E-state index contributed by atoms with van der Waals surface area (Å²) < 4.78 is 0. The normalized spacial score (nSPS) is 19.3. The van der Waals surface area contributed by atoms with Crippen LogP contribution in [0.2, 0.25) is 0 Å². The lowest BCUT2D eigenvalue weighted by Gasteiger charge is -2.38. The lowest BCUT2D eigenvalue weighted by Crippen LogP contribution is -2.47. The molecular weight excluding hydrogens is 326 g/mol. The molecule has 1 aliphatic heterocycles. The van der Waals surface area contributed by atoms with Crippen molar-refractivity contribution in [3.8, 4) is 0 Å². The number of Topliss-reactive ketones (excluding diaryl/α,β-unsaturated/α-hetero) is 1. The monoisotopic (exact) mass is 351 g/mol. The third-order valence-corrected chi connectivity index (χ3v) is 5.37. The van der Waals surface area contributed by atoms with Gasteiger partial charge >= 0.3 is 0 Å². The summed E-state index contributed by atoms with van der Waals surface area (Å²) >= 11 is 1.73. The molecule has 0 N–H and O–H groups in total. The second-order valence-corrected chi connectivity index (χ2v) is 8.17. The number of hydrogen-bond acceptors (Lipinski definition) is 3. The highest BCUT2D eigenvalue weighted by atomic mass is 32.2. The molecule has 1 fully saturated rings. The average molecular weight is 352 g/mol. The topological polar surface area (TPSA) is 20.3 Å². The molecule has 2 aromatic carbocycles. The maximum absolute atomic E-state index is 12.9. The minimum atomic E-state index is -0.349. The largest absolute Gasteiger partial charge is 0.294 e. The Balaban J connectivity index is 1.83. The van der Waals surface area contributed by atoms with Gasteiger partial charge in [0.1, 0.15) is 0 Å². The zero-order valence-corrected chi connectivity index (χ0v) is 16.0. The molecule has 130 valence electrons. The van der Waals surface area contributed by atoms with E-state index in [9.17, 15) is 4.79 Å². The summed E-state index contributed by atoms with van der Waals surface area (Å²) in [7, 11) is 0. The van der Waals surface area contributed by atoms with Gasteiger partial charge in [-0.1, -0.05) is 56.3 Å². The standard InChI is InChI=1S/C22H25NOS/c1-22(2)16-23(14-18-7-5-4-6-8-18)15-19(21(22)24)13-17-9-11-20(25-3)12-10-17/h4-13H,14-16H2,1-3H3/b19-13+. The minimum absolute atomic E-state index is 0.269. The molecule has 0 atom stereocenters. The Morgan fingerprint density at radius 2 is 1.76 bits per heavy atom. The molecule has 0 aromatic heterocycles. The molecule has 3 heteroatoms. The van der Waals surface area contributed by atoms with Crippen LogP contribution in [-0.4, -0.2) is 30.0 Å². The summed E-state index contributed by atoms with van der Waals surface area (Å²) in [6.07, 6.45) is 4.13. The summed E-state index contributed by atoms with van der Waals surface area (Å²) in [6, 6.07) is 18.9. The van der Waals surface area contributed by atoms with Crippen LogP contribution in [0.3, 0.4) is 0 Å². The third-order valence-electron chi connectivity index (χ3n) is 4.62. The number of likely N-dealkylation sites (tertiary alicyclic amines) is 1. The van der Waals surface area contributed by atoms with Gasteiger partial charge in [-0.15, -0.1) is 11.8 Å². The predicted octanol–water partition coefficient (Wildman–Crippen LogP) is 4.90. The highest BCUT2D eigenvalue weighted by Gasteiger charge is 2.37. The number of piperidine rings is 1. The van der Waals surface area contributed by atoms with Crippen molar-refractivity contribution in [3.05, 3.63) is 71.3 Å². The molecule has 0 amide bonds. The van der Waals surface area contributed by atoms with Gasteiger partial charge in [0, 0.05) is 35.5 Å². The van der Waals surface area contributed by atoms with Crippen molar-refractivity contribution in [2.24, 2.45) is 5.41 Å². The fourth-order valence-electron chi connectivity index (χ4n) is 3.40. The Bertz CT molecular complexity index is 762. The summed E-state index contributed by atoms with van der Waals surface area (Å²) in [5.41, 5.74) is 2.94.